The molecule has 1 aromatic heterocycles. The highest BCUT2D eigenvalue weighted by molar-refractivity contribution is 5.71. The average Bonchev–Trinajstić information content (AvgIpc) is 2.88. The summed E-state index contributed by atoms with van der Waals surface area (Å²) in [4.78, 5) is 3.61. The predicted molar refractivity (Wildman–Crippen MR) is 43.7 cm³/mol. The molecule has 0 radical (unpaired) electrons. The molecule has 1 heterocycles. The van der Waals surface area contributed by atoms with E-state index in [1.165, 1.54) is 6.92 Å². The number of aliphatic imine (C=N–C) groups is 1. The van der Waals surface area contributed by atoms with Gasteiger partial charge in [-0.3, -0.25) is 4.52 Å². The molecule has 1 aliphatic carbocycles. The van der Waals surface area contributed by atoms with Crippen LogP contribution < -0.4 is 9.79 Å². The summed E-state index contributed by atoms with van der Waals surface area (Å²) in [6, 6.07) is 0.303. The molecule has 76 valence electrons. The molecule has 0 saturated heterocycles. The van der Waals surface area contributed by atoms with E-state index in [1.54, 1.807) is 4.68 Å². The molecule has 2 rings (SSSR count). The monoisotopic (exact) mass is 197 g/mol. The van der Waals surface area contributed by atoms with Gasteiger partial charge < -0.3 is 10.2 Å². The summed E-state index contributed by atoms with van der Waals surface area (Å²) in [5.74, 6) is -0.245. The minimum atomic E-state index is -0.362. The molecule has 0 aromatic carbocycles. The third-order valence-electron chi connectivity index (χ3n) is 2.04. The van der Waals surface area contributed by atoms with Crippen molar-refractivity contribution in [1.29, 1.82) is 0 Å². The number of nitrogens with zero attached hydrogens (tertiary/aromatic N) is 3. The number of aliphatic hydroxyl groups excluding tert-OH is 1. The number of hydrogen-bond acceptors (Lipinski definition) is 5. The molecule has 1 N–H and O–H groups in total. The van der Waals surface area contributed by atoms with Gasteiger partial charge in [-0.25, -0.2) is 4.99 Å². The van der Waals surface area contributed by atoms with Crippen LogP contribution >= 0.6 is 0 Å². The van der Waals surface area contributed by atoms with E-state index in [4.69, 9.17) is 9.63 Å². The van der Waals surface area contributed by atoms with Gasteiger partial charge in [0.25, 0.3) is 0 Å². The fraction of sp³-hybridized carbons (Fsp3) is 0.625. The summed E-state index contributed by atoms with van der Waals surface area (Å²) in [7, 11) is 0. The van der Waals surface area contributed by atoms with Gasteiger partial charge in [-0.1, -0.05) is 0 Å². The van der Waals surface area contributed by atoms with E-state index in [2.05, 4.69) is 10.3 Å². The van der Waals surface area contributed by atoms with Crippen LogP contribution in [-0.4, -0.2) is 16.3 Å². The fourth-order valence-electron chi connectivity index (χ4n) is 1.26. The molecule has 1 aromatic rings. The number of rotatable bonds is 3. The normalized spacial score (nSPS) is 17.4. The lowest BCUT2D eigenvalue weighted by atomic mass is 10.4. The first-order valence-electron chi connectivity index (χ1n) is 4.46. The number of hydrogen-bond donors (Lipinski definition) is 1. The average molecular weight is 197 g/mol. The van der Waals surface area contributed by atoms with Gasteiger partial charge in [-0.2, -0.15) is 0 Å². The molecule has 0 amide bonds. The van der Waals surface area contributed by atoms with Crippen LogP contribution in [0.25, 0.3) is 0 Å². The predicted octanol–water partition coefficient (Wildman–Crippen LogP) is -0.800. The quantitative estimate of drug-likeness (QED) is 0.390. The van der Waals surface area contributed by atoms with Gasteiger partial charge in [0.2, 0.25) is 5.27 Å². The molecule has 1 fully saturated rings. The molecule has 1 aliphatic rings. The number of aliphatic hydroxyl groups is 1. The lowest BCUT2D eigenvalue weighted by Gasteiger charge is -1.97. The van der Waals surface area contributed by atoms with E-state index in [-0.39, 0.29) is 18.4 Å². The maximum atomic E-state index is 10.7. The Hall–Kier alpha value is -1.43. The second kappa shape index (κ2) is 3.38. The molecule has 6 nitrogen and oxygen atoms in total. The third kappa shape index (κ3) is 1.60. The van der Waals surface area contributed by atoms with Crippen LogP contribution in [0.1, 0.15) is 31.5 Å². The Labute approximate surface area is 80.5 Å². The molecule has 0 atom stereocenters. The Morgan fingerprint density at radius 1 is 1.79 bits per heavy atom. The molecule has 1 saturated carbocycles. The van der Waals surface area contributed by atoms with E-state index < -0.39 is 0 Å². The fourth-order valence-corrected chi connectivity index (χ4v) is 1.26. The van der Waals surface area contributed by atoms with Crippen LogP contribution in [-0.2, 0) is 6.61 Å². The van der Waals surface area contributed by atoms with Crippen molar-refractivity contribution >= 4 is 11.8 Å². The van der Waals surface area contributed by atoms with Gasteiger partial charge in [-0.15, -0.1) is 0 Å². The first kappa shape index (κ1) is 9.14. The molecular formula is C8H11N3O3. The summed E-state index contributed by atoms with van der Waals surface area (Å²) in [5.41, 5.74) is 0.475. The standard InChI is InChI=1S/C8H11N3O3/c1-5(13)9-8-7(4-12)11(10-14-8)6-2-3-6/h6,12H,2-4H2,1H3. The molecule has 14 heavy (non-hydrogen) atoms. The van der Waals surface area contributed by atoms with Crippen molar-refractivity contribution in [2.45, 2.75) is 32.4 Å². The van der Waals surface area contributed by atoms with Crippen molar-refractivity contribution in [3.05, 3.63) is 5.69 Å². The SMILES string of the molecule is C/C([O-])=N\c1on[n+](C2CC2)c1CO. The summed E-state index contributed by atoms with van der Waals surface area (Å²) < 4.78 is 6.46. The smallest absolute Gasteiger partial charge is 0.326 e. The van der Waals surface area contributed by atoms with Crippen LogP contribution in [0.15, 0.2) is 9.52 Å². The highest BCUT2D eigenvalue weighted by atomic mass is 16.5. The largest absolute Gasteiger partial charge is 0.862 e. The lowest BCUT2D eigenvalue weighted by Crippen LogP contribution is -2.38. The van der Waals surface area contributed by atoms with Crippen LogP contribution in [0, 0.1) is 0 Å². The van der Waals surface area contributed by atoms with Crippen molar-refractivity contribution in [3.8, 4) is 0 Å². The Balaban J connectivity index is 2.35. The summed E-state index contributed by atoms with van der Waals surface area (Å²) in [5, 5.41) is 23.6. The molecule has 0 unspecified atom stereocenters. The van der Waals surface area contributed by atoms with E-state index in [0.29, 0.717) is 11.7 Å². The lowest BCUT2D eigenvalue weighted by molar-refractivity contribution is -0.772. The highest BCUT2D eigenvalue weighted by Gasteiger charge is 2.39. The summed E-state index contributed by atoms with van der Waals surface area (Å²) >= 11 is 0. The van der Waals surface area contributed by atoms with E-state index >= 15 is 0 Å². The molecule has 0 bridgehead atoms. The van der Waals surface area contributed by atoms with Crippen LogP contribution in [0.3, 0.4) is 0 Å². The Kier molecular flexibility index (Phi) is 2.20. The van der Waals surface area contributed by atoms with Gasteiger partial charge in [-0.05, 0) is 17.5 Å². The Morgan fingerprint density at radius 3 is 3.00 bits per heavy atom. The zero-order valence-corrected chi connectivity index (χ0v) is 7.80. The Morgan fingerprint density at radius 2 is 2.50 bits per heavy atom. The van der Waals surface area contributed by atoms with Gasteiger partial charge in [0.15, 0.2) is 6.04 Å². The van der Waals surface area contributed by atoms with Crippen molar-refractivity contribution in [1.82, 2.24) is 5.27 Å². The molecule has 6 heteroatoms. The van der Waals surface area contributed by atoms with Gasteiger partial charge >= 0.3 is 11.6 Å². The zero-order valence-electron chi connectivity index (χ0n) is 7.80. The van der Waals surface area contributed by atoms with Crippen LogP contribution in [0.5, 0.6) is 0 Å². The van der Waals surface area contributed by atoms with Gasteiger partial charge in [0, 0.05) is 12.8 Å². The van der Waals surface area contributed by atoms with Gasteiger partial charge in [0.1, 0.15) is 6.61 Å². The molecular weight excluding hydrogens is 186 g/mol. The topological polar surface area (TPSA) is 85.6 Å². The first-order valence-corrected chi connectivity index (χ1v) is 4.46. The zero-order chi connectivity index (χ0) is 10.1. The second-order valence-electron chi connectivity index (χ2n) is 3.29. The number of aromatic nitrogens is 2. The minimum absolute atomic E-state index is 0.118. The van der Waals surface area contributed by atoms with Crippen molar-refractivity contribution in [3.63, 3.8) is 0 Å². The third-order valence-corrected chi connectivity index (χ3v) is 2.04. The Bertz CT molecular complexity index is 364. The summed E-state index contributed by atoms with van der Waals surface area (Å²) in [6.07, 6.45) is 2.06. The van der Waals surface area contributed by atoms with Crippen LogP contribution in [0.4, 0.5) is 5.88 Å². The van der Waals surface area contributed by atoms with E-state index in [0.717, 1.165) is 12.8 Å². The van der Waals surface area contributed by atoms with Crippen LogP contribution in [0.2, 0.25) is 0 Å². The van der Waals surface area contributed by atoms with Crippen molar-refractivity contribution in [2.24, 2.45) is 4.99 Å². The van der Waals surface area contributed by atoms with Gasteiger partial charge in [0.05, 0.1) is 0 Å². The molecule has 0 aliphatic heterocycles. The van der Waals surface area contributed by atoms with Crippen molar-refractivity contribution < 1.29 is 19.4 Å². The summed E-state index contributed by atoms with van der Waals surface area (Å²) in [6.45, 7) is 1.11. The first-order chi connectivity index (χ1) is 6.72. The minimum Gasteiger partial charge on any atom is -0.862 e. The van der Waals surface area contributed by atoms with Crippen molar-refractivity contribution in [2.75, 3.05) is 0 Å². The maximum absolute atomic E-state index is 10.7. The van der Waals surface area contributed by atoms with E-state index in [9.17, 15) is 5.11 Å². The second-order valence-corrected chi connectivity index (χ2v) is 3.29. The maximum Gasteiger partial charge on any atom is 0.326 e. The van der Waals surface area contributed by atoms with E-state index in [1.807, 2.05) is 0 Å². The highest BCUT2D eigenvalue weighted by Crippen LogP contribution is 2.30. The molecule has 0 spiro atoms.